The zero-order valence-corrected chi connectivity index (χ0v) is 11.6. The third kappa shape index (κ3) is 3.01. The molecule has 0 aliphatic carbocycles. The van der Waals surface area contributed by atoms with Crippen molar-refractivity contribution in [1.82, 2.24) is 9.97 Å². The van der Waals surface area contributed by atoms with Crippen molar-refractivity contribution in [2.45, 2.75) is 31.6 Å². The summed E-state index contributed by atoms with van der Waals surface area (Å²) in [6.07, 6.45) is 1.62. The number of H-pyrrole nitrogens is 1. The predicted molar refractivity (Wildman–Crippen MR) is 75.1 cm³/mol. The van der Waals surface area contributed by atoms with E-state index in [4.69, 9.17) is 0 Å². The number of aryl methyl sites for hydroxylation is 3. The van der Waals surface area contributed by atoms with E-state index in [0.29, 0.717) is 0 Å². The van der Waals surface area contributed by atoms with Crippen LogP contribution in [0.2, 0.25) is 0 Å². The van der Waals surface area contributed by atoms with Crippen LogP contribution in [-0.4, -0.2) is 9.97 Å². The van der Waals surface area contributed by atoms with Crippen LogP contribution in [0.4, 0.5) is 0 Å². The van der Waals surface area contributed by atoms with Crippen molar-refractivity contribution in [2.75, 3.05) is 0 Å². The monoisotopic (exact) mass is 260 g/mol. The van der Waals surface area contributed by atoms with Gasteiger partial charge in [-0.3, -0.25) is 0 Å². The molecular weight excluding hydrogens is 244 g/mol. The fourth-order valence-corrected chi connectivity index (χ4v) is 2.75. The molecule has 0 aliphatic heterocycles. The average Bonchev–Trinajstić information content (AvgIpc) is 2.34. The number of benzene rings is 1. The van der Waals surface area contributed by atoms with Gasteiger partial charge in [0.15, 0.2) is 0 Å². The van der Waals surface area contributed by atoms with Gasteiger partial charge in [-0.1, -0.05) is 23.8 Å². The smallest absolute Gasteiger partial charge is 0.300 e. The molecule has 18 heavy (non-hydrogen) atoms. The molecule has 4 heteroatoms. The molecule has 0 radical (unpaired) electrons. The average molecular weight is 260 g/mol. The first-order chi connectivity index (χ1) is 8.56. The van der Waals surface area contributed by atoms with Crippen molar-refractivity contribution in [3.05, 3.63) is 57.1 Å². The first-order valence-corrected chi connectivity index (χ1v) is 6.79. The van der Waals surface area contributed by atoms with Gasteiger partial charge in [-0.2, -0.15) is 0 Å². The summed E-state index contributed by atoms with van der Waals surface area (Å²) in [5.41, 5.74) is 4.56. The van der Waals surface area contributed by atoms with Gasteiger partial charge in [0.1, 0.15) is 0 Å². The second-order valence-electron chi connectivity index (χ2n) is 4.42. The lowest BCUT2D eigenvalue weighted by Crippen LogP contribution is -2.10. The van der Waals surface area contributed by atoms with E-state index in [1.807, 2.05) is 6.92 Å². The van der Waals surface area contributed by atoms with Crippen LogP contribution in [0, 0.1) is 20.8 Å². The highest BCUT2D eigenvalue weighted by atomic mass is 32.2. The summed E-state index contributed by atoms with van der Waals surface area (Å²) in [4.78, 5) is 17.7. The number of nitrogens with one attached hydrogen (secondary N) is 1. The molecule has 1 N–H and O–H groups in total. The van der Waals surface area contributed by atoms with Gasteiger partial charge >= 0.3 is 5.69 Å². The van der Waals surface area contributed by atoms with Gasteiger partial charge in [0.25, 0.3) is 0 Å². The molecule has 1 aromatic carbocycles. The molecule has 2 aromatic rings. The Morgan fingerprint density at radius 2 is 2.00 bits per heavy atom. The maximum Gasteiger partial charge on any atom is 0.345 e. The van der Waals surface area contributed by atoms with E-state index < -0.39 is 0 Å². The minimum atomic E-state index is -0.288. The van der Waals surface area contributed by atoms with Crippen molar-refractivity contribution in [1.29, 1.82) is 0 Å². The molecule has 0 unspecified atom stereocenters. The zero-order chi connectivity index (χ0) is 13.1. The van der Waals surface area contributed by atoms with Crippen LogP contribution in [0.15, 0.2) is 34.2 Å². The highest BCUT2D eigenvalue weighted by Crippen LogP contribution is 2.24. The predicted octanol–water partition coefficient (Wildman–Crippen LogP) is 2.99. The zero-order valence-electron chi connectivity index (χ0n) is 10.8. The Morgan fingerprint density at radius 1 is 1.22 bits per heavy atom. The Balaban J connectivity index is 2.18. The van der Waals surface area contributed by atoms with Crippen molar-refractivity contribution >= 4 is 11.8 Å². The van der Waals surface area contributed by atoms with Crippen molar-refractivity contribution in [3.63, 3.8) is 0 Å². The van der Waals surface area contributed by atoms with E-state index >= 15 is 0 Å². The number of aromatic nitrogens is 2. The van der Waals surface area contributed by atoms with E-state index in [1.54, 1.807) is 18.0 Å². The highest BCUT2D eigenvalue weighted by Gasteiger charge is 2.04. The van der Waals surface area contributed by atoms with E-state index in [0.717, 1.165) is 16.3 Å². The maximum absolute atomic E-state index is 11.2. The third-order valence-electron chi connectivity index (χ3n) is 2.83. The van der Waals surface area contributed by atoms with Gasteiger partial charge in [-0.25, -0.2) is 9.78 Å². The lowest BCUT2D eigenvalue weighted by molar-refractivity contribution is 0.945. The molecule has 0 saturated carbocycles. The van der Waals surface area contributed by atoms with Crippen LogP contribution in [0.3, 0.4) is 0 Å². The molecule has 0 amide bonds. The molecule has 0 spiro atoms. The molecule has 0 aliphatic rings. The summed E-state index contributed by atoms with van der Waals surface area (Å²) < 4.78 is 0. The quantitative estimate of drug-likeness (QED) is 0.681. The Kier molecular flexibility index (Phi) is 3.87. The second kappa shape index (κ2) is 5.40. The van der Waals surface area contributed by atoms with Gasteiger partial charge in [0.2, 0.25) is 0 Å². The van der Waals surface area contributed by atoms with E-state index in [-0.39, 0.29) is 5.69 Å². The normalized spacial score (nSPS) is 10.6. The van der Waals surface area contributed by atoms with Crippen LogP contribution in [-0.2, 0) is 5.75 Å². The minimum Gasteiger partial charge on any atom is -0.300 e. The van der Waals surface area contributed by atoms with Crippen molar-refractivity contribution in [2.24, 2.45) is 0 Å². The molecule has 0 atom stereocenters. The first-order valence-electron chi connectivity index (χ1n) is 5.81. The van der Waals surface area contributed by atoms with E-state index in [9.17, 15) is 4.79 Å². The molecule has 2 rings (SSSR count). The maximum atomic E-state index is 11.2. The summed E-state index contributed by atoms with van der Waals surface area (Å²) >= 11 is 1.64. The molecule has 94 valence electrons. The second-order valence-corrected chi connectivity index (χ2v) is 5.40. The Labute approximate surface area is 111 Å². The third-order valence-corrected chi connectivity index (χ3v) is 4.00. The largest absolute Gasteiger partial charge is 0.345 e. The standard InChI is InChI=1S/C14H16N2OS/c1-9-4-5-10(2)12(6-9)8-18-13-11(3)7-15-14(17)16-13/h4-7H,8H2,1-3H3,(H,15,16,17). The van der Waals surface area contributed by atoms with Gasteiger partial charge in [-0.05, 0) is 37.5 Å². The summed E-state index contributed by atoms with van der Waals surface area (Å²) in [5, 5.41) is 0.899. The Bertz CT molecular complexity index is 619. The van der Waals surface area contributed by atoms with Crippen LogP contribution >= 0.6 is 11.8 Å². The van der Waals surface area contributed by atoms with Gasteiger partial charge in [0, 0.05) is 11.9 Å². The SMILES string of the molecule is Cc1ccc(C)c(CSc2[nH]c(=O)ncc2C)c1. The number of thioether (sulfide) groups is 1. The van der Waals surface area contributed by atoms with Crippen molar-refractivity contribution in [3.8, 4) is 0 Å². The van der Waals surface area contributed by atoms with E-state index in [2.05, 4.69) is 42.0 Å². The number of rotatable bonds is 3. The van der Waals surface area contributed by atoms with Crippen LogP contribution in [0.5, 0.6) is 0 Å². The number of hydrogen-bond acceptors (Lipinski definition) is 3. The van der Waals surface area contributed by atoms with Crippen LogP contribution < -0.4 is 5.69 Å². The molecule has 1 heterocycles. The Hall–Kier alpha value is -1.55. The van der Waals surface area contributed by atoms with Gasteiger partial charge < -0.3 is 4.98 Å². The van der Waals surface area contributed by atoms with Crippen molar-refractivity contribution < 1.29 is 0 Å². The number of aromatic amines is 1. The minimum absolute atomic E-state index is 0.288. The molecule has 0 fully saturated rings. The van der Waals surface area contributed by atoms with Crippen LogP contribution in [0.1, 0.15) is 22.3 Å². The topological polar surface area (TPSA) is 45.8 Å². The lowest BCUT2D eigenvalue weighted by atomic mass is 10.1. The summed E-state index contributed by atoms with van der Waals surface area (Å²) in [6.45, 7) is 6.15. The molecule has 0 bridgehead atoms. The Morgan fingerprint density at radius 3 is 2.78 bits per heavy atom. The number of nitrogens with zero attached hydrogens (tertiary/aromatic N) is 1. The molecular formula is C14H16N2OS. The summed E-state index contributed by atoms with van der Waals surface area (Å²) in [7, 11) is 0. The fourth-order valence-electron chi connectivity index (χ4n) is 1.70. The first kappa shape index (κ1) is 12.9. The summed E-state index contributed by atoms with van der Waals surface area (Å²) in [5.74, 6) is 0.855. The molecule has 0 saturated heterocycles. The van der Waals surface area contributed by atoms with Gasteiger partial charge in [-0.15, -0.1) is 11.8 Å². The van der Waals surface area contributed by atoms with Crippen LogP contribution in [0.25, 0.3) is 0 Å². The highest BCUT2D eigenvalue weighted by molar-refractivity contribution is 7.98. The number of hydrogen-bond donors (Lipinski definition) is 1. The fraction of sp³-hybridized carbons (Fsp3) is 0.286. The summed E-state index contributed by atoms with van der Waals surface area (Å²) in [6, 6.07) is 6.44. The lowest BCUT2D eigenvalue weighted by Gasteiger charge is -2.08. The molecule has 3 nitrogen and oxygen atoms in total. The van der Waals surface area contributed by atoms with E-state index in [1.165, 1.54) is 16.7 Å². The van der Waals surface area contributed by atoms with Gasteiger partial charge in [0.05, 0.1) is 5.03 Å². The molecule has 1 aromatic heterocycles.